The van der Waals surface area contributed by atoms with Crippen molar-refractivity contribution in [3.63, 3.8) is 0 Å². The van der Waals surface area contributed by atoms with Crippen LogP contribution in [0.3, 0.4) is 0 Å². The number of hydrogen-bond donors (Lipinski definition) is 1. The third-order valence-corrected chi connectivity index (χ3v) is 4.45. The van der Waals surface area contributed by atoms with Crippen LogP contribution in [0.15, 0.2) is 22.7 Å². The van der Waals surface area contributed by atoms with Crippen LogP contribution in [0.4, 0.5) is 5.69 Å². The van der Waals surface area contributed by atoms with E-state index in [1.807, 2.05) is 13.0 Å². The largest absolute Gasteiger partial charge is 0.466 e. The van der Waals surface area contributed by atoms with Crippen molar-refractivity contribution in [1.29, 1.82) is 0 Å². The average molecular weight is 397 g/mol. The highest BCUT2D eigenvalue weighted by Crippen LogP contribution is 2.21. The van der Waals surface area contributed by atoms with Gasteiger partial charge in [-0.2, -0.15) is 0 Å². The Kier molecular flexibility index (Phi) is 6.36. The van der Waals surface area contributed by atoms with Gasteiger partial charge >= 0.3 is 17.8 Å². The van der Waals surface area contributed by atoms with Gasteiger partial charge in [-0.15, -0.1) is 0 Å². The molecule has 0 saturated carbocycles. The van der Waals surface area contributed by atoms with E-state index in [2.05, 4.69) is 21.2 Å². The van der Waals surface area contributed by atoms with Crippen molar-refractivity contribution in [1.82, 2.24) is 4.90 Å². The average Bonchev–Trinajstić information content (AvgIpc) is 2.57. The van der Waals surface area contributed by atoms with Gasteiger partial charge in [0.15, 0.2) is 0 Å². The summed E-state index contributed by atoms with van der Waals surface area (Å²) in [6.45, 7) is 4.61. The first-order valence-corrected chi connectivity index (χ1v) is 8.74. The number of likely N-dealkylation sites (tertiary alicyclic amines) is 1. The minimum absolute atomic E-state index is 0.227. The lowest BCUT2D eigenvalue weighted by atomic mass is 9.98. The van der Waals surface area contributed by atoms with Gasteiger partial charge in [-0.3, -0.25) is 14.4 Å². The Hall–Kier alpha value is -1.89. The Morgan fingerprint density at radius 3 is 2.79 bits per heavy atom. The van der Waals surface area contributed by atoms with Crippen LogP contribution >= 0.6 is 15.9 Å². The fraction of sp³-hybridized carbons (Fsp3) is 0.471. The smallest absolute Gasteiger partial charge is 0.313 e. The number of rotatable bonds is 3. The molecule has 1 heterocycles. The molecular formula is C17H21BrN2O4. The predicted octanol–water partition coefficient (Wildman–Crippen LogP) is 2.50. The molecule has 0 aromatic heterocycles. The van der Waals surface area contributed by atoms with E-state index in [4.69, 9.17) is 4.74 Å². The van der Waals surface area contributed by atoms with Crippen molar-refractivity contribution in [3.05, 3.63) is 28.2 Å². The Bertz CT molecular complexity index is 647. The summed E-state index contributed by atoms with van der Waals surface area (Å²) in [5, 5.41) is 2.64. The molecule has 130 valence electrons. The summed E-state index contributed by atoms with van der Waals surface area (Å²) in [5.74, 6) is -1.97. The third kappa shape index (κ3) is 4.56. The molecule has 0 spiro atoms. The molecule has 1 aromatic rings. The molecule has 2 amide bonds. The first-order chi connectivity index (χ1) is 11.4. The molecule has 6 nitrogen and oxygen atoms in total. The second-order valence-corrected chi connectivity index (χ2v) is 6.67. The monoisotopic (exact) mass is 396 g/mol. The third-order valence-electron chi connectivity index (χ3n) is 3.96. The van der Waals surface area contributed by atoms with Gasteiger partial charge in [0.05, 0.1) is 12.5 Å². The van der Waals surface area contributed by atoms with E-state index >= 15 is 0 Å². The number of amides is 2. The summed E-state index contributed by atoms with van der Waals surface area (Å²) in [7, 11) is 0. The molecule has 0 radical (unpaired) electrons. The maximum Gasteiger partial charge on any atom is 0.313 e. The predicted molar refractivity (Wildman–Crippen MR) is 93.4 cm³/mol. The number of hydrogen-bond acceptors (Lipinski definition) is 4. The first-order valence-electron chi connectivity index (χ1n) is 7.95. The molecule has 1 aliphatic rings. The summed E-state index contributed by atoms with van der Waals surface area (Å²) in [6, 6.07) is 5.39. The van der Waals surface area contributed by atoms with Crippen LogP contribution in [-0.2, 0) is 19.1 Å². The number of carbonyl (C=O) groups excluding carboxylic acids is 3. The molecule has 2 rings (SSSR count). The number of esters is 1. The van der Waals surface area contributed by atoms with Gasteiger partial charge in [-0.25, -0.2) is 0 Å². The van der Waals surface area contributed by atoms with Gasteiger partial charge in [-0.1, -0.05) is 15.9 Å². The molecule has 24 heavy (non-hydrogen) atoms. The second-order valence-electron chi connectivity index (χ2n) is 5.76. The Morgan fingerprint density at radius 1 is 1.38 bits per heavy atom. The minimum Gasteiger partial charge on any atom is -0.466 e. The van der Waals surface area contributed by atoms with Gasteiger partial charge in [0.1, 0.15) is 0 Å². The zero-order valence-corrected chi connectivity index (χ0v) is 15.4. The van der Waals surface area contributed by atoms with Crippen LogP contribution in [-0.4, -0.2) is 42.4 Å². The van der Waals surface area contributed by atoms with E-state index in [-0.39, 0.29) is 18.4 Å². The Labute approximate surface area is 149 Å². The molecule has 1 aromatic carbocycles. The van der Waals surface area contributed by atoms with Crippen LogP contribution in [0.1, 0.15) is 25.3 Å². The standard InChI is InChI=1S/C17H21BrN2O4/c1-3-24-17(23)12-5-4-8-20(10-12)16(22)15(21)19-14-7-6-13(18)9-11(14)2/h6-7,9,12H,3-5,8,10H2,1-2H3,(H,19,21). The van der Waals surface area contributed by atoms with Crippen molar-refractivity contribution < 1.29 is 19.1 Å². The minimum atomic E-state index is -0.690. The number of halogens is 1. The van der Waals surface area contributed by atoms with Gasteiger partial charge in [-0.05, 0) is 50.5 Å². The van der Waals surface area contributed by atoms with E-state index < -0.39 is 11.8 Å². The molecule has 1 N–H and O–H groups in total. The topological polar surface area (TPSA) is 75.7 Å². The van der Waals surface area contributed by atoms with Crippen molar-refractivity contribution >= 4 is 39.4 Å². The Balaban J connectivity index is 1.99. The molecule has 1 aliphatic heterocycles. The number of anilines is 1. The number of aryl methyl sites for hydroxylation is 1. The number of nitrogens with one attached hydrogen (secondary N) is 1. The number of benzene rings is 1. The van der Waals surface area contributed by atoms with Gasteiger partial charge in [0.25, 0.3) is 0 Å². The number of ether oxygens (including phenoxy) is 1. The summed E-state index contributed by atoms with van der Waals surface area (Å²) < 4.78 is 5.91. The lowest BCUT2D eigenvalue weighted by Crippen LogP contribution is -2.47. The van der Waals surface area contributed by atoms with Crippen molar-refractivity contribution in [2.45, 2.75) is 26.7 Å². The quantitative estimate of drug-likeness (QED) is 0.628. The van der Waals surface area contributed by atoms with Gasteiger partial charge < -0.3 is 15.0 Å². The highest BCUT2D eigenvalue weighted by Gasteiger charge is 2.32. The molecule has 0 bridgehead atoms. The van der Waals surface area contributed by atoms with Gasteiger partial charge in [0, 0.05) is 23.2 Å². The maximum absolute atomic E-state index is 12.4. The molecule has 1 saturated heterocycles. The molecule has 1 atom stereocenters. The summed E-state index contributed by atoms with van der Waals surface area (Å²) in [6.07, 6.45) is 1.36. The molecule has 1 fully saturated rings. The van der Waals surface area contributed by atoms with Gasteiger partial charge in [0.2, 0.25) is 0 Å². The van der Waals surface area contributed by atoms with E-state index in [1.54, 1.807) is 19.1 Å². The number of carbonyl (C=O) groups is 3. The fourth-order valence-corrected chi connectivity index (χ4v) is 3.18. The number of nitrogens with zero attached hydrogens (tertiary/aromatic N) is 1. The molecule has 7 heteroatoms. The van der Waals surface area contributed by atoms with E-state index in [1.165, 1.54) is 4.90 Å². The molecule has 0 aliphatic carbocycles. The fourth-order valence-electron chi connectivity index (χ4n) is 2.70. The Morgan fingerprint density at radius 2 is 2.12 bits per heavy atom. The number of piperidine rings is 1. The lowest BCUT2D eigenvalue weighted by molar-refractivity contribution is -0.153. The lowest BCUT2D eigenvalue weighted by Gasteiger charge is -2.31. The first kappa shape index (κ1) is 18.4. The van der Waals surface area contributed by atoms with Crippen LogP contribution in [0.2, 0.25) is 0 Å². The zero-order valence-electron chi connectivity index (χ0n) is 13.8. The van der Waals surface area contributed by atoms with Crippen molar-refractivity contribution in [2.75, 3.05) is 25.0 Å². The maximum atomic E-state index is 12.4. The SMILES string of the molecule is CCOC(=O)C1CCCN(C(=O)C(=O)Nc2ccc(Br)cc2C)C1. The highest BCUT2D eigenvalue weighted by atomic mass is 79.9. The van der Waals surface area contributed by atoms with Crippen molar-refractivity contribution in [2.24, 2.45) is 5.92 Å². The molecule has 1 unspecified atom stereocenters. The molecular weight excluding hydrogens is 376 g/mol. The normalized spacial score (nSPS) is 17.3. The van der Waals surface area contributed by atoms with Crippen LogP contribution in [0.25, 0.3) is 0 Å². The summed E-state index contributed by atoms with van der Waals surface area (Å²) in [4.78, 5) is 37.8. The van der Waals surface area contributed by atoms with Crippen LogP contribution in [0, 0.1) is 12.8 Å². The zero-order chi connectivity index (χ0) is 17.7. The van der Waals surface area contributed by atoms with E-state index in [0.29, 0.717) is 31.7 Å². The summed E-state index contributed by atoms with van der Waals surface area (Å²) in [5.41, 5.74) is 1.45. The van der Waals surface area contributed by atoms with Crippen molar-refractivity contribution in [3.8, 4) is 0 Å². The van der Waals surface area contributed by atoms with E-state index in [9.17, 15) is 14.4 Å². The highest BCUT2D eigenvalue weighted by molar-refractivity contribution is 9.10. The van der Waals surface area contributed by atoms with Crippen LogP contribution < -0.4 is 5.32 Å². The summed E-state index contributed by atoms with van der Waals surface area (Å²) >= 11 is 3.36. The second kappa shape index (κ2) is 8.28. The van der Waals surface area contributed by atoms with E-state index in [0.717, 1.165) is 10.0 Å². The van der Waals surface area contributed by atoms with Crippen LogP contribution in [0.5, 0.6) is 0 Å².